The molecule has 3 atom stereocenters. The van der Waals surface area contributed by atoms with Gasteiger partial charge in [-0.3, -0.25) is 14.9 Å². The number of rotatable bonds is 8. The summed E-state index contributed by atoms with van der Waals surface area (Å²) >= 11 is 0. The molecule has 2 rings (SSSR count). The maximum atomic E-state index is 13.0. The molecule has 7 heteroatoms. The number of carboxylic acids is 1. The number of hydrogen-bond donors (Lipinski definition) is 1. The van der Waals surface area contributed by atoms with Crippen molar-refractivity contribution in [3.63, 3.8) is 0 Å². The molecule has 0 unspecified atom stereocenters. The van der Waals surface area contributed by atoms with Crippen molar-refractivity contribution in [3.8, 4) is 0 Å². The molecule has 0 radical (unpaired) electrons. The van der Waals surface area contributed by atoms with E-state index in [2.05, 4.69) is 5.32 Å². The fourth-order valence-electron chi connectivity index (χ4n) is 3.23. The number of benzene rings is 1. The number of ether oxygens (including phenoxy) is 1. The summed E-state index contributed by atoms with van der Waals surface area (Å²) in [7, 11) is 0. The standard InChI is InChI=1S/C19H26N2O5/c1-4-8-14(19(25)26-5-2)20-12(3)17(22)21-15-10-7-6-9-13(15)11-16(21)18(23)24/h6-7,9-10,12,14,16,20H,4-5,8,11H2,1-3H3,(H,23,24)/p-1/t12-,14-,16-/m0/s1. The molecule has 0 saturated heterocycles. The van der Waals surface area contributed by atoms with Crippen molar-refractivity contribution in [3.05, 3.63) is 29.8 Å². The first kappa shape index (κ1) is 19.9. The van der Waals surface area contributed by atoms with Crippen LogP contribution in [0.3, 0.4) is 0 Å². The lowest BCUT2D eigenvalue weighted by Gasteiger charge is -2.30. The van der Waals surface area contributed by atoms with Gasteiger partial charge in [0.15, 0.2) is 0 Å². The summed E-state index contributed by atoms with van der Waals surface area (Å²) in [6.45, 7) is 5.54. The Bertz CT molecular complexity index is 676. The van der Waals surface area contributed by atoms with Gasteiger partial charge in [-0.1, -0.05) is 31.5 Å². The lowest BCUT2D eigenvalue weighted by Crippen LogP contribution is -2.56. The van der Waals surface area contributed by atoms with E-state index < -0.39 is 36.0 Å². The Morgan fingerprint density at radius 2 is 2.00 bits per heavy atom. The topological polar surface area (TPSA) is 98.8 Å². The first-order valence-corrected chi connectivity index (χ1v) is 8.95. The minimum atomic E-state index is -1.29. The highest BCUT2D eigenvalue weighted by atomic mass is 16.5. The normalized spacial score (nSPS) is 18.1. The van der Waals surface area contributed by atoms with E-state index in [0.717, 1.165) is 12.0 Å². The number of carbonyl (C=O) groups is 3. The smallest absolute Gasteiger partial charge is 0.323 e. The van der Waals surface area contributed by atoms with Gasteiger partial charge in [0, 0.05) is 12.1 Å². The molecule has 1 aromatic rings. The molecule has 26 heavy (non-hydrogen) atoms. The quantitative estimate of drug-likeness (QED) is 0.673. The minimum Gasteiger partial charge on any atom is -0.548 e. The van der Waals surface area contributed by atoms with Crippen LogP contribution in [0.25, 0.3) is 0 Å². The van der Waals surface area contributed by atoms with E-state index in [0.29, 0.717) is 12.1 Å². The number of para-hydroxylation sites is 1. The molecule has 0 aromatic heterocycles. The number of esters is 1. The zero-order valence-corrected chi connectivity index (χ0v) is 15.4. The van der Waals surface area contributed by atoms with Gasteiger partial charge in [-0.2, -0.15) is 0 Å². The van der Waals surface area contributed by atoms with Gasteiger partial charge in [-0.25, -0.2) is 0 Å². The van der Waals surface area contributed by atoms with Crippen molar-refractivity contribution in [2.75, 3.05) is 11.5 Å². The molecule has 0 aliphatic carbocycles. The van der Waals surface area contributed by atoms with E-state index in [1.54, 1.807) is 38.1 Å². The number of aliphatic carboxylic acids is 1. The third-order valence-electron chi connectivity index (χ3n) is 4.46. The summed E-state index contributed by atoms with van der Waals surface area (Å²) in [5.41, 5.74) is 1.36. The summed E-state index contributed by atoms with van der Waals surface area (Å²) in [6, 6.07) is 4.68. The highest BCUT2D eigenvalue weighted by molar-refractivity contribution is 6.04. The number of fused-ring (bicyclic) bond motifs is 1. The molecule has 0 spiro atoms. The highest BCUT2D eigenvalue weighted by Crippen LogP contribution is 2.32. The monoisotopic (exact) mass is 361 g/mol. The van der Waals surface area contributed by atoms with Crippen molar-refractivity contribution in [1.82, 2.24) is 5.32 Å². The molecule has 0 saturated carbocycles. The molecule has 142 valence electrons. The number of hydrogen-bond acceptors (Lipinski definition) is 6. The molecule has 1 N–H and O–H groups in total. The van der Waals surface area contributed by atoms with E-state index in [1.807, 2.05) is 6.92 Å². The second-order valence-corrected chi connectivity index (χ2v) is 6.36. The molecule has 0 fully saturated rings. The molecular formula is C19H25N2O5-. The first-order valence-electron chi connectivity index (χ1n) is 8.95. The summed E-state index contributed by atoms with van der Waals surface area (Å²) in [5.74, 6) is -2.11. The van der Waals surface area contributed by atoms with Gasteiger partial charge in [0.05, 0.1) is 24.7 Å². The predicted octanol–water partition coefficient (Wildman–Crippen LogP) is 0.404. The summed E-state index contributed by atoms with van der Waals surface area (Å²) in [4.78, 5) is 37.8. The van der Waals surface area contributed by atoms with E-state index in [-0.39, 0.29) is 13.0 Å². The van der Waals surface area contributed by atoms with Crippen molar-refractivity contribution >= 4 is 23.5 Å². The van der Waals surface area contributed by atoms with E-state index in [1.165, 1.54) is 4.90 Å². The highest BCUT2D eigenvalue weighted by Gasteiger charge is 2.37. The molecule has 1 amide bonds. The lowest BCUT2D eigenvalue weighted by molar-refractivity contribution is -0.307. The van der Waals surface area contributed by atoms with Gasteiger partial charge >= 0.3 is 5.97 Å². The summed E-state index contributed by atoms with van der Waals surface area (Å²) < 4.78 is 5.05. The van der Waals surface area contributed by atoms with Crippen molar-refractivity contribution < 1.29 is 24.2 Å². The number of anilines is 1. The van der Waals surface area contributed by atoms with Crippen LogP contribution in [0.15, 0.2) is 24.3 Å². The molecule has 1 aliphatic rings. The van der Waals surface area contributed by atoms with E-state index in [4.69, 9.17) is 4.74 Å². The Balaban J connectivity index is 2.19. The van der Waals surface area contributed by atoms with Crippen LogP contribution in [0.1, 0.15) is 39.2 Å². The first-order chi connectivity index (χ1) is 12.4. The largest absolute Gasteiger partial charge is 0.548 e. The zero-order chi connectivity index (χ0) is 19.3. The average Bonchev–Trinajstić information content (AvgIpc) is 3.00. The Hall–Kier alpha value is -2.41. The van der Waals surface area contributed by atoms with E-state index in [9.17, 15) is 19.5 Å². The average molecular weight is 361 g/mol. The maximum absolute atomic E-state index is 13.0. The van der Waals surface area contributed by atoms with Crippen LogP contribution in [0.4, 0.5) is 5.69 Å². The van der Waals surface area contributed by atoms with Gasteiger partial charge in [-0.15, -0.1) is 0 Å². The second-order valence-electron chi connectivity index (χ2n) is 6.36. The van der Waals surface area contributed by atoms with Crippen molar-refractivity contribution in [2.24, 2.45) is 0 Å². The molecule has 1 aliphatic heterocycles. The SMILES string of the molecule is CCC[C@H](N[C@@H](C)C(=O)N1c2ccccc2C[C@H]1C(=O)[O-])C(=O)OCC. The molecule has 1 aromatic carbocycles. The number of nitrogens with zero attached hydrogens (tertiary/aromatic N) is 1. The van der Waals surface area contributed by atoms with Gasteiger partial charge < -0.3 is 19.5 Å². The van der Waals surface area contributed by atoms with Gasteiger partial charge in [-0.05, 0) is 31.9 Å². The van der Waals surface area contributed by atoms with Crippen LogP contribution in [-0.2, 0) is 25.5 Å². The third-order valence-corrected chi connectivity index (χ3v) is 4.46. The van der Waals surface area contributed by atoms with Crippen LogP contribution in [0.2, 0.25) is 0 Å². The van der Waals surface area contributed by atoms with Crippen LogP contribution in [0, 0.1) is 0 Å². The van der Waals surface area contributed by atoms with Crippen LogP contribution < -0.4 is 15.3 Å². The van der Waals surface area contributed by atoms with Crippen molar-refractivity contribution in [1.29, 1.82) is 0 Å². The number of carboxylic acid groups (broad SMARTS) is 1. The summed E-state index contributed by atoms with van der Waals surface area (Å²) in [5, 5.41) is 14.5. The van der Waals surface area contributed by atoms with Gasteiger partial charge in [0.25, 0.3) is 0 Å². The predicted molar refractivity (Wildman–Crippen MR) is 94.4 cm³/mol. The number of carbonyl (C=O) groups excluding carboxylic acids is 3. The number of nitrogens with one attached hydrogen (secondary N) is 1. The van der Waals surface area contributed by atoms with Crippen LogP contribution >= 0.6 is 0 Å². The maximum Gasteiger partial charge on any atom is 0.323 e. The Morgan fingerprint density at radius 1 is 1.31 bits per heavy atom. The van der Waals surface area contributed by atoms with Gasteiger partial charge in [0.1, 0.15) is 6.04 Å². The lowest BCUT2D eigenvalue weighted by atomic mass is 10.1. The minimum absolute atomic E-state index is 0.216. The molecular weight excluding hydrogens is 336 g/mol. The molecule has 7 nitrogen and oxygen atoms in total. The fourth-order valence-corrected chi connectivity index (χ4v) is 3.23. The van der Waals surface area contributed by atoms with Crippen LogP contribution in [0.5, 0.6) is 0 Å². The Morgan fingerprint density at radius 3 is 2.62 bits per heavy atom. The van der Waals surface area contributed by atoms with Crippen LogP contribution in [-0.4, -0.2) is 42.6 Å². The second kappa shape index (κ2) is 8.80. The Labute approximate surface area is 153 Å². The fraction of sp³-hybridized carbons (Fsp3) is 0.526. The Kier molecular flexibility index (Phi) is 6.74. The summed E-state index contributed by atoms with van der Waals surface area (Å²) in [6.07, 6.45) is 1.48. The van der Waals surface area contributed by atoms with Gasteiger partial charge in [0.2, 0.25) is 5.91 Å². The third kappa shape index (κ3) is 4.22. The number of amides is 1. The zero-order valence-electron chi connectivity index (χ0n) is 15.4. The molecule has 0 bridgehead atoms. The van der Waals surface area contributed by atoms with Crippen molar-refractivity contribution in [2.45, 2.75) is 58.2 Å². The molecule has 1 heterocycles. The van der Waals surface area contributed by atoms with E-state index >= 15 is 0 Å².